The molecule has 0 amide bonds. The topological polar surface area (TPSA) is 87.0 Å². The van der Waals surface area contributed by atoms with Gasteiger partial charge in [-0.25, -0.2) is 9.67 Å². The van der Waals surface area contributed by atoms with Crippen molar-refractivity contribution < 1.29 is 9.34 Å². The molecule has 0 radical (unpaired) electrons. The molecule has 0 aliphatic heterocycles. The first kappa shape index (κ1) is 18.1. The summed E-state index contributed by atoms with van der Waals surface area (Å²) in [5.41, 5.74) is 4.11. The average molecular weight is 417 g/mol. The van der Waals surface area contributed by atoms with Gasteiger partial charge in [-0.15, -0.1) is 0 Å². The molecule has 0 spiro atoms. The van der Waals surface area contributed by atoms with Crippen molar-refractivity contribution in [2.45, 2.75) is 0 Å². The van der Waals surface area contributed by atoms with Gasteiger partial charge in [-0.05, 0) is 42.5 Å². The van der Waals surface area contributed by atoms with Crippen molar-refractivity contribution >= 4 is 28.4 Å². The van der Waals surface area contributed by atoms with Gasteiger partial charge < -0.3 is 4.42 Å². The molecular weight excluding hydrogens is 404 g/mol. The zero-order valence-electron chi connectivity index (χ0n) is 15.4. The van der Waals surface area contributed by atoms with Gasteiger partial charge in [-0.1, -0.05) is 29.8 Å². The Labute approximate surface area is 175 Å². The van der Waals surface area contributed by atoms with E-state index < -0.39 is 4.92 Å². The van der Waals surface area contributed by atoms with Crippen molar-refractivity contribution in [3.63, 3.8) is 0 Å². The third-order valence-corrected chi connectivity index (χ3v) is 4.90. The minimum Gasteiger partial charge on any atom is -0.436 e. The molecule has 0 bridgehead atoms. The maximum absolute atomic E-state index is 11.0. The molecule has 5 aromatic rings. The van der Waals surface area contributed by atoms with E-state index in [9.17, 15) is 10.1 Å². The zero-order valence-corrected chi connectivity index (χ0v) is 16.2. The zero-order chi connectivity index (χ0) is 20.7. The van der Waals surface area contributed by atoms with E-state index in [2.05, 4.69) is 4.98 Å². The van der Waals surface area contributed by atoms with E-state index >= 15 is 0 Å². The van der Waals surface area contributed by atoms with Crippen LogP contribution in [0, 0.1) is 10.1 Å². The molecule has 0 fully saturated rings. The molecule has 30 heavy (non-hydrogen) atoms. The van der Waals surface area contributed by atoms with Crippen LogP contribution in [-0.4, -0.2) is 19.7 Å². The Bertz CT molecular complexity index is 1380. The second kappa shape index (κ2) is 7.13. The van der Waals surface area contributed by atoms with E-state index in [1.165, 1.54) is 12.1 Å². The maximum atomic E-state index is 11.0. The molecule has 146 valence electrons. The Morgan fingerprint density at radius 3 is 2.50 bits per heavy atom. The number of hydrogen-bond donors (Lipinski definition) is 0. The number of halogens is 1. The molecule has 0 saturated heterocycles. The minimum atomic E-state index is -0.433. The van der Waals surface area contributed by atoms with Crippen LogP contribution in [0.2, 0.25) is 5.02 Å². The summed E-state index contributed by atoms with van der Waals surface area (Å²) < 4.78 is 7.68. The number of benzene rings is 3. The average Bonchev–Trinajstić information content (AvgIpc) is 3.38. The summed E-state index contributed by atoms with van der Waals surface area (Å²) in [5.74, 6) is 0.391. The first-order valence-corrected chi connectivity index (χ1v) is 9.43. The first-order chi connectivity index (χ1) is 14.6. The van der Waals surface area contributed by atoms with Crippen LogP contribution in [0.25, 0.3) is 39.5 Å². The minimum absolute atomic E-state index is 0.0132. The van der Waals surface area contributed by atoms with Crippen LogP contribution < -0.4 is 0 Å². The molecule has 3 aromatic carbocycles. The van der Waals surface area contributed by atoms with Gasteiger partial charge in [0.05, 0.1) is 16.2 Å². The summed E-state index contributed by atoms with van der Waals surface area (Å²) in [4.78, 5) is 15.1. The summed E-state index contributed by atoms with van der Waals surface area (Å²) in [6, 6.07) is 21.1. The molecule has 0 aliphatic rings. The second-order valence-electron chi connectivity index (χ2n) is 6.61. The predicted octanol–water partition coefficient (Wildman–Crippen LogP) is 5.91. The van der Waals surface area contributed by atoms with Crippen molar-refractivity contribution in [2.75, 3.05) is 0 Å². The van der Waals surface area contributed by atoms with Crippen LogP contribution in [0.3, 0.4) is 0 Å². The third kappa shape index (κ3) is 3.21. The Morgan fingerprint density at radius 2 is 1.77 bits per heavy atom. The van der Waals surface area contributed by atoms with Crippen molar-refractivity contribution in [3.05, 3.63) is 94.1 Å². The van der Waals surface area contributed by atoms with E-state index in [1.54, 1.807) is 35.0 Å². The van der Waals surface area contributed by atoms with Gasteiger partial charge in [0, 0.05) is 28.9 Å². The first-order valence-electron chi connectivity index (χ1n) is 9.05. The Morgan fingerprint density at radius 1 is 1.00 bits per heavy atom. The number of fused-ring (bicyclic) bond motifs is 1. The molecule has 0 saturated carbocycles. The van der Waals surface area contributed by atoms with Gasteiger partial charge in [0.25, 0.3) is 5.69 Å². The maximum Gasteiger partial charge on any atom is 0.269 e. The van der Waals surface area contributed by atoms with Crippen LogP contribution in [-0.2, 0) is 0 Å². The van der Waals surface area contributed by atoms with Crippen molar-refractivity contribution in [1.82, 2.24) is 14.8 Å². The fraction of sp³-hybridized carbons (Fsp3) is 0. The standard InChI is InChI=1S/C22H13ClN4O3/c23-15-8-11-20-19(12-15)24-22(30-20)18-13-26(16-4-2-1-3-5-16)25-21(18)14-6-9-17(10-7-14)27(28)29/h1-13H. The van der Waals surface area contributed by atoms with Gasteiger partial charge in [0.2, 0.25) is 5.89 Å². The van der Waals surface area contributed by atoms with E-state index in [4.69, 9.17) is 21.1 Å². The lowest BCUT2D eigenvalue weighted by molar-refractivity contribution is -0.384. The second-order valence-corrected chi connectivity index (χ2v) is 7.04. The Kier molecular flexibility index (Phi) is 4.30. The summed E-state index contributed by atoms with van der Waals surface area (Å²) in [6.45, 7) is 0. The number of nitro benzene ring substituents is 1. The molecule has 7 nitrogen and oxygen atoms in total. The summed E-state index contributed by atoms with van der Waals surface area (Å²) in [5, 5.41) is 16.3. The number of para-hydroxylation sites is 1. The van der Waals surface area contributed by atoms with Gasteiger partial charge in [-0.2, -0.15) is 5.10 Å². The third-order valence-electron chi connectivity index (χ3n) is 4.67. The number of oxazole rings is 1. The van der Waals surface area contributed by atoms with Crippen LogP contribution in [0.5, 0.6) is 0 Å². The number of nitro groups is 1. The molecule has 0 atom stereocenters. The Hall–Kier alpha value is -3.97. The van der Waals surface area contributed by atoms with Crippen LogP contribution in [0.4, 0.5) is 5.69 Å². The number of nitrogens with zero attached hydrogens (tertiary/aromatic N) is 4. The summed E-state index contributed by atoms with van der Waals surface area (Å²) in [7, 11) is 0. The quantitative estimate of drug-likeness (QED) is 0.268. The highest BCUT2D eigenvalue weighted by Gasteiger charge is 2.20. The van der Waals surface area contributed by atoms with E-state index in [0.29, 0.717) is 38.8 Å². The van der Waals surface area contributed by atoms with Crippen molar-refractivity contribution in [1.29, 1.82) is 0 Å². The smallest absolute Gasteiger partial charge is 0.269 e. The van der Waals surface area contributed by atoms with Crippen molar-refractivity contribution in [2.24, 2.45) is 0 Å². The molecule has 0 N–H and O–H groups in total. The van der Waals surface area contributed by atoms with E-state index in [0.717, 1.165) is 5.69 Å². The molecule has 8 heteroatoms. The monoisotopic (exact) mass is 416 g/mol. The van der Waals surface area contributed by atoms with Gasteiger partial charge >= 0.3 is 0 Å². The van der Waals surface area contributed by atoms with Gasteiger partial charge in [-0.3, -0.25) is 10.1 Å². The summed E-state index contributed by atoms with van der Waals surface area (Å²) >= 11 is 6.07. The largest absolute Gasteiger partial charge is 0.436 e. The van der Waals surface area contributed by atoms with Crippen LogP contribution in [0.1, 0.15) is 0 Å². The lowest BCUT2D eigenvalue weighted by Gasteiger charge is -2.00. The highest BCUT2D eigenvalue weighted by Crippen LogP contribution is 2.34. The fourth-order valence-corrected chi connectivity index (χ4v) is 3.38. The summed E-state index contributed by atoms with van der Waals surface area (Å²) in [6.07, 6.45) is 1.83. The fourth-order valence-electron chi connectivity index (χ4n) is 3.21. The van der Waals surface area contributed by atoms with Gasteiger partial charge in [0.15, 0.2) is 5.58 Å². The highest BCUT2D eigenvalue weighted by molar-refractivity contribution is 6.31. The van der Waals surface area contributed by atoms with E-state index in [1.807, 2.05) is 36.5 Å². The van der Waals surface area contributed by atoms with Gasteiger partial charge in [0.1, 0.15) is 11.2 Å². The molecule has 0 unspecified atom stereocenters. The Balaban J connectivity index is 1.69. The predicted molar refractivity (Wildman–Crippen MR) is 114 cm³/mol. The number of aromatic nitrogens is 3. The lowest BCUT2D eigenvalue weighted by atomic mass is 10.1. The van der Waals surface area contributed by atoms with Crippen LogP contribution in [0.15, 0.2) is 83.4 Å². The molecule has 2 heterocycles. The normalized spacial score (nSPS) is 11.1. The molecule has 5 rings (SSSR count). The van der Waals surface area contributed by atoms with Crippen LogP contribution >= 0.6 is 11.6 Å². The molecular formula is C22H13ClN4O3. The SMILES string of the molecule is O=[N+]([O-])c1ccc(-c2nn(-c3ccccc3)cc2-c2nc3cc(Cl)ccc3o2)cc1. The molecule has 2 aromatic heterocycles. The van der Waals surface area contributed by atoms with E-state index in [-0.39, 0.29) is 5.69 Å². The van der Waals surface area contributed by atoms with Crippen molar-refractivity contribution in [3.8, 4) is 28.4 Å². The molecule has 0 aliphatic carbocycles. The number of non-ortho nitro benzene ring substituents is 1. The highest BCUT2D eigenvalue weighted by atomic mass is 35.5. The number of hydrogen-bond acceptors (Lipinski definition) is 5. The number of rotatable bonds is 4. The lowest BCUT2D eigenvalue weighted by Crippen LogP contribution is -1.94.